The van der Waals surface area contributed by atoms with Crippen molar-refractivity contribution >= 4 is 5.97 Å². The van der Waals surface area contributed by atoms with Crippen molar-refractivity contribution in [1.82, 2.24) is 5.32 Å². The van der Waals surface area contributed by atoms with Crippen LogP contribution in [-0.2, 0) is 6.54 Å². The van der Waals surface area contributed by atoms with Gasteiger partial charge in [-0.3, -0.25) is 0 Å². The molecule has 0 radical (unpaired) electrons. The molecule has 0 saturated heterocycles. The molecule has 3 heteroatoms. The predicted octanol–water partition coefficient (Wildman–Crippen LogP) is 3.44. The third kappa shape index (κ3) is 3.80. The van der Waals surface area contributed by atoms with Gasteiger partial charge in [-0.25, -0.2) is 4.79 Å². The number of hydrogen-bond donors (Lipinski definition) is 2. The fourth-order valence-corrected chi connectivity index (χ4v) is 2.95. The van der Waals surface area contributed by atoms with Crippen LogP contribution in [0.15, 0.2) is 24.3 Å². The number of carbonyl (C=O) groups is 1. The SMILES string of the molecule is C[C@@H](NCc1ccccc1C(=O)O)C1CCCCC1. The van der Waals surface area contributed by atoms with Crippen LogP contribution in [-0.4, -0.2) is 17.1 Å². The normalized spacial score (nSPS) is 18.2. The maximum atomic E-state index is 11.1. The van der Waals surface area contributed by atoms with Crippen molar-refractivity contribution in [2.24, 2.45) is 5.92 Å². The van der Waals surface area contributed by atoms with Gasteiger partial charge in [0, 0.05) is 12.6 Å². The van der Waals surface area contributed by atoms with Crippen molar-refractivity contribution in [1.29, 1.82) is 0 Å². The molecule has 0 amide bonds. The van der Waals surface area contributed by atoms with Crippen molar-refractivity contribution in [2.45, 2.75) is 51.6 Å². The predicted molar refractivity (Wildman–Crippen MR) is 76.3 cm³/mol. The van der Waals surface area contributed by atoms with Crippen LogP contribution in [0.1, 0.15) is 54.9 Å². The number of carboxylic acids is 1. The highest BCUT2D eigenvalue weighted by atomic mass is 16.4. The van der Waals surface area contributed by atoms with Crippen LogP contribution < -0.4 is 5.32 Å². The maximum absolute atomic E-state index is 11.1. The Bertz CT molecular complexity index is 425. The molecule has 104 valence electrons. The van der Waals surface area contributed by atoms with E-state index in [1.165, 1.54) is 32.1 Å². The minimum Gasteiger partial charge on any atom is -0.478 e. The lowest BCUT2D eigenvalue weighted by molar-refractivity contribution is 0.0695. The van der Waals surface area contributed by atoms with Crippen LogP contribution in [0, 0.1) is 5.92 Å². The Balaban J connectivity index is 1.92. The highest BCUT2D eigenvalue weighted by Gasteiger charge is 2.20. The Hall–Kier alpha value is -1.35. The quantitative estimate of drug-likeness (QED) is 0.853. The molecule has 3 nitrogen and oxygen atoms in total. The molecular formula is C16H23NO2. The lowest BCUT2D eigenvalue weighted by Crippen LogP contribution is -2.34. The first kappa shape index (κ1) is 14.1. The molecule has 1 aliphatic rings. The molecule has 2 N–H and O–H groups in total. The smallest absolute Gasteiger partial charge is 0.336 e. The summed E-state index contributed by atoms with van der Waals surface area (Å²) < 4.78 is 0. The number of carboxylic acid groups (broad SMARTS) is 1. The molecule has 19 heavy (non-hydrogen) atoms. The second kappa shape index (κ2) is 6.71. The van der Waals surface area contributed by atoms with E-state index in [1.54, 1.807) is 12.1 Å². The average Bonchev–Trinajstić information content (AvgIpc) is 2.46. The molecule has 0 unspecified atom stereocenters. The third-order valence-corrected chi connectivity index (χ3v) is 4.22. The molecule has 1 aromatic carbocycles. The molecule has 1 aliphatic carbocycles. The fourth-order valence-electron chi connectivity index (χ4n) is 2.95. The Morgan fingerprint density at radius 1 is 1.32 bits per heavy atom. The maximum Gasteiger partial charge on any atom is 0.336 e. The molecule has 2 rings (SSSR count). The highest BCUT2D eigenvalue weighted by molar-refractivity contribution is 5.89. The van der Waals surface area contributed by atoms with Gasteiger partial charge in [0.15, 0.2) is 0 Å². The van der Waals surface area contributed by atoms with Crippen LogP contribution in [0.4, 0.5) is 0 Å². The summed E-state index contributed by atoms with van der Waals surface area (Å²) in [5.74, 6) is -0.103. The first-order chi connectivity index (χ1) is 9.18. The molecule has 0 aliphatic heterocycles. The van der Waals surface area contributed by atoms with E-state index < -0.39 is 5.97 Å². The summed E-state index contributed by atoms with van der Waals surface area (Å²) in [5, 5.41) is 12.7. The van der Waals surface area contributed by atoms with Gasteiger partial charge in [-0.1, -0.05) is 37.5 Å². The van der Waals surface area contributed by atoms with Crippen LogP contribution in [0.25, 0.3) is 0 Å². The van der Waals surface area contributed by atoms with Gasteiger partial charge in [0.05, 0.1) is 5.56 Å². The third-order valence-electron chi connectivity index (χ3n) is 4.22. The zero-order valence-corrected chi connectivity index (χ0v) is 11.6. The fraction of sp³-hybridized carbons (Fsp3) is 0.562. The van der Waals surface area contributed by atoms with E-state index >= 15 is 0 Å². The van der Waals surface area contributed by atoms with Crippen LogP contribution in [0.3, 0.4) is 0 Å². The van der Waals surface area contributed by atoms with Gasteiger partial charge >= 0.3 is 5.97 Å². The van der Waals surface area contributed by atoms with Crippen molar-refractivity contribution in [3.8, 4) is 0 Å². The van der Waals surface area contributed by atoms with Gasteiger partial charge in [-0.05, 0) is 37.3 Å². The average molecular weight is 261 g/mol. The Morgan fingerprint density at radius 3 is 2.68 bits per heavy atom. The zero-order valence-electron chi connectivity index (χ0n) is 11.6. The molecule has 1 atom stereocenters. The lowest BCUT2D eigenvalue weighted by atomic mass is 9.84. The Morgan fingerprint density at radius 2 is 2.00 bits per heavy atom. The number of rotatable bonds is 5. The van der Waals surface area contributed by atoms with Crippen molar-refractivity contribution in [2.75, 3.05) is 0 Å². The van der Waals surface area contributed by atoms with Gasteiger partial charge < -0.3 is 10.4 Å². The highest BCUT2D eigenvalue weighted by Crippen LogP contribution is 2.26. The minimum absolute atomic E-state index is 0.408. The molecule has 0 spiro atoms. The van der Waals surface area contributed by atoms with Gasteiger partial charge in [-0.2, -0.15) is 0 Å². The van der Waals surface area contributed by atoms with Crippen LogP contribution in [0.5, 0.6) is 0 Å². The second-order valence-corrected chi connectivity index (χ2v) is 5.53. The van der Waals surface area contributed by atoms with E-state index in [4.69, 9.17) is 5.11 Å². The number of benzene rings is 1. The summed E-state index contributed by atoms with van der Waals surface area (Å²) in [4.78, 5) is 11.1. The number of hydrogen-bond acceptors (Lipinski definition) is 2. The molecule has 1 fully saturated rings. The van der Waals surface area contributed by atoms with Gasteiger partial charge in [0.1, 0.15) is 0 Å². The lowest BCUT2D eigenvalue weighted by Gasteiger charge is -2.28. The zero-order chi connectivity index (χ0) is 13.7. The van der Waals surface area contributed by atoms with Gasteiger partial charge in [-0.15, -0.1) is 0 Å². The molecule has 0 bridgehead atoms. The largest absolute Gasteiger partial charge is 0.478 e. The first-order valence-electron chi connectivity index (χ1n) is 7.23. The topological polar surface area (TPSA) is 49.3 Å². The van der Waals surface area contributed by atoms with E-state index in [2.05, 4.69) is 12.2 Å². The summed E-state index contributed by atoms with van der Waals surface area (Å²) >= 11 is 0. The molecule has 0 heterocycles. The van der Waals surface area contributed by atoms with E-state index in [0.717, 1.165) is 11.5 Å². The number of aromatic carboxylic acids is 1. The van der Waals surface area contributed by atoms with Crippen molar-refractivity contribution in [3.63, 3.8) is 0 Å². The standard InChI is InChI=1S/C16H23NO2/c1-12(13-7-3-2-4-8-13)17-11-14-9-5-6-10-15(14)16(18)19/h5-6,9-10,12-13,17H,2-4,7-8,11H2,1H3,(H,18,19)/t12-/m1/s1. The first-order valence-corrected chi connectivity index (χ1v) is 7.23. The summed E-state index contributed by atoms with van der Waals surface area (Å²) in [5.41, 5.74) is 1.28. The van der Waals surface area contributed by atoms with Gasteiger partial charge in [0.2, 0.25) is 0 Å². The second-order valence-electron chi connectivity index (χ2n) is 5.53. The van der Waals surface area contributed by atoms with E-state index in [0.29, 0.717) is 18.2 Å². The van der Waals surface area contributed by atoms with E-state index in [-0.39, 0.29) is 0 Å². The van der Waals surface area contributed by atoms with Crippen LogP contribution in [0.2, 0.25) is 0 Å². The van der Waals surface area contributed by atoms with Gasteiger partial charge in [0.25, 0.3) is 0 Å². The summed E-state index contributed by atoms with van der Waals surface area (Å²) in [7, 11) is 0. The monoisotopic (exact) mass is 261 g/mol. The Kier molecular flexibility index (Phi) is 4.97. The molecule has 1 aromatic rings. The summed E-state index contributed by atoms with van der Waals surface area (Å²) in [6.07, 6.45) is 6.64. The van der Waals surface area contributed by atoms with E-state index in [1.807, 2.05) is 12.1 Å². The van der Waals surface area contributed by atoms with Crippen molar-refractivity contribution in [3.05, 3.63) is 35.4 Å². The Labute approximate surface area is 115 Å². The minimum atomic E-state index is -0.845. The summed E-state index contributed by atoms with van der Waals surface area (Å²) in [6, 6.07) is 7.70. The van der Waals surface area contributed by atoms with Crippen LogP contribution >= 0.6 is 0 Å². The molecule has 1 saturated carbocycles. The van der Waals surface area contributed by atoms with E-state index in [9.17, 15) is 4.79 Å². The number of nitrogens with one attached hydrogen (secondary N) is 1. The molecule has 0 aromatic heterocycles. The summed E-state index contributed by atoms with van der Waals surface area (Å²) in [6.45, 7) is 2.86. The van der Waals surface area contributed by atoms with Crippen molar-refractivity contribution < 1.29 is 9.90 Å². The molecular weight excluding hydrogens is 238 g/mol.